The Labute approximate surface area is 92.0 Å². The monoisotopic (exact) mass is 214 g/mol. The van der Waals surface area contributed by atoms with Crippen molar-refractivity contribution in [1.82, 2.24) is 10.2 Å². The van der Waals surface area contributed by atoms with Crippen LogP contribution in [0.3, 0.4) is 0 Å². The van der Waals surface area contributed by atoms with Gasteiger partial charge in [-0.15, -0.1) is 0 Å². The van der Waals surface area contributed by atoms with Gasteiger partial charge in [0, 0.05) is 19.1 Å². The summed E-state index contributed by atoms with van der Waals surface area (Å²) >= 11 is 0. The molecule has 0 spiro atoms. The van der Waals surface area contributed by atoms with Gasteiger partial charge in [0.05, 0.1) is 7.11 Å². The molecule has 1 fully saturated rings. The number of amides is 1. The van der Waals surface area contributed by atoms with Crippen LogP contribution in [0.15, 0.2) is 0 Å². The molecule has 1 aliphatic rings. The summed E-state index contributed by atoms with van der Waals surface area (Å²) in [5.41, 5.74) is 0. The topological polar surface area (TPSA) is 41.6 Å². The minimum absolute atomic E-state index is 0.206. The summed E-state index contributed by atoms with van der Waals surface area (Å²) in [4.78, 5) is 13.0. The van der Waals surface area contributed by atoms with Crippen LogP contribution < -0.4 is 5.32 Å². The lowest BCUT2D eigenvalue weighted by Crippen LogP contribution is -2.36. The maximum atomic E-state index is 11.2. The van der Waals surface area contributed by atoms with Gasteiger partial charge in [0.1, 0.15) is 0 Å². The van der Waals surface area contributed by atoms with E-state index >= 15 is 0 Å². The van der Waals surface area contributed by atoms with E-state index in [4.69, 9.17) is 0 Å². The smallest absolute Gasteiger partial charge is 0.409 e. The van der Waals surface area contributed by atoms with Crippen molar-refractivity contribution in [1.29, 1.82) is 0 Å². The molecule has 1 saturated heterocycles. The molecule has 1 aliphatic heterocycles. The Hall–Kier alpha value is -0.770. The van der Waals surface area contributed by atoms with E-state index in [0.717, 1.165) is 26.1 Å². The second kappa shape index (κ2) is 5.95. The molecular formula is C11H22N2O2. The fourth-order valence-electron chi connectivity index (χ4n) is 1.73. The summed E-state index contributed by atoms with van der Waals surface area (Å²) in [6.07, 6.45) is 2.02. The van der Waals surface area contributed by atoms with Crippen molar-refractivity contribution in [3.63, 3.8) is 0 Å². The number of methoxy groups -OCH3 is 1. The Morgan fingerprint density at radius 3 is 3.00 bits per heavy atom. The third-order valence-corrected chi connectivity index (χ3v) is 3.07. The molecule has 4 nitrogen and oxygen atoms in total. The maximum absolute atomic E-state index is 11.2. The van der Waals surface area contributed by atoms with Gasteiger partial charge in [-0.3, -0.25) is 0 Å². The number of likely N-dealkylation sites (tertiary alicyclic amines) is 1. The average molecular weight is 214 g/mol. The van der Waals surface area contributed by atoms with E-state index in [0.29, 0.717) is 12.0 Å². The van der Waals surface area contributed by atoms with Crippen LogP contribution in [0.5, 0.6) is 0 Å². The summed E-state index contributed by atoms with van der Waals surface area (Å²) in [5, 5.41) is 3.49. The van der Waals surface area contributed by atoms with Crippen molar-refractivity contribution in [2.45, 2.75) is 32.7 Å². The summed E-state index contributed by atoms with van der Waals surface area (Å²) in [6.45, 7) is 7.06. The number of hydrogen-bond acceptors (Lipinski definition) is 3. The van der Waals surface area contributed by atoms with Gasteiger partial charge >= 0.3 is 6.09 Å². The highest BCUT2D eigenvalue weighted by Crippen LogP contribution is 2.10. The lowest BCUT2D eigenvalue weighted by molar-refractivity contribution is 0.132. The highest BCUT2D eigenvalue weighted by molar-refractivity contribution is 5.67. The van der Waals surface area contributed by atoms with Gasteiger partial charge in [-0.05, 0) is 18.9 Å². The molecule has 1 rings (SSSR count). The van der Waals surface area contributed by atoms with Gasteiger partial charge in [-0.1, -0.05) is 20.3 Å². The molecule has 2 atom stereocenters. The molecule has 4 heteroatoms. The van der Waals surface area contributed by atoms with Crippen LogP contribution in [0.4, 0.5) is 4.79 Å². The average Bonchev–Trinajstić information content (AvgIpc) is 2.73. The number of nitrogens with one attached hydrogen (secondary N) is 1. The number of rotatable bonds is 4. The van der Waals surface area contributed by atoms with E-state index in [1.165, 1.54) is 13.5 Å². The Morgan fingerprint density at radius 2 is 2.40 bits per heavy atom. The molecular weight excluding hydrogens is 192 g/mol. The predicted molar refractivity (Wildman–Crippen MR) is 59.8 cm³/mol. The second-order valence-electron chi connectivity index (χ2n) is 4.32. The van der Waals surface area contributed by atoms with Gasteiger partial charge in [0.2, 0.25) is 0 Å². The SMILES string of the molecule is CCC(C)CNC1CCN(C(=O)OC)C1. The highest BCUT2D eigenvalue weighted by atomic mass is 16.5. The Balaban J connectivity index is 2.22. The number of nitrogens with zero attached hydrogens (tertiary/aromatic N) is 1. The van der Waals surface area contributed by atoms with Crippen LogP contribution in [0.2, 0.25) is 0 Å². The van der Waals surface area contributed by atoms with Crippen molar-refractivity contribution in [2.75, 3.05) is 26.7 Å². The first-order valence-corrected chi connectivity index (χ1v) is 5.73. The lowest BCUT2D eigenvalue weighted by Gasteiger charge is -2.17. The largest absolute Gasteiger partial charge is 0.453 e. The molecule has 88 valence electrons. The van der Waals surface area contributed by atoms with Gasteiger partial charge in [0.15, 0.2) is 0 Å². The molecule has 2 unspecified atom stereocenters. The zero-order chi connectivity index (χ0) is 11.3. The molecule has 15 heavy (non-hydrogen) atoms. The molecule has 0 aromatic heterocycles. The third kappa shape index (κ3) is 3.70. The van der Waals surface area contributed by atoms with E-state index in [2.05, 4.69) is 23.9 Å². The van der Waals surface area contributed by atoms with Gasteiger partial charge in [0.25, 0.3) is 0 Å². The van der Waals surface area contributed by atoms with Crippen LogP contribution >= 0.6 is 0 Å². The Bertz CT molecular complexity index is 209. The number of carbonyl (C=O) groups excluding carboxylic acids is 1. The number of ether oxygens (including phenoxy) is 1. The fraction of sp³-hybridized carbons (Fsp3) is 0.909. The lowest BCUT2D eigenvalue weighted by atomic mass is 10.1. The number of carbonyl (C=O) groups is 1. The third-order valence-electron chi connectivity index (χ3n) is 3.07. The maximum Gasteiger partial charge on any atom is 0.409 e. The van der Waals surface area contributed by atoms with Gasteiger partial charge in [-0.2, -0.15) is 0 Å². The fourth-order valence-corrected chi connectivity index (χ4v) is 1.73. The Kier molecular flexibility index (Phi) is 4.88. The van der Waals surface area contributed by atoms with Crippen LogP contribution in [-0.4, -0.2) is 43.8 Å². The minimum Gasteiger partial charge on any atom is -0.453 e. The van der Waals surface area contributed by atoms with Crippen molar-refractivity contribution < 1.29 is 9.53 Å². The summed E-state index contributed by atoms with van der Waals surface area (Å²) in [7, 11) is 1.43. The van der Waals surface area contributed by atoms with Crippen LogP contribution in [0.1, 0.15) is 26.7 Å². The van der Waals surface area contributed by atoms with Crippen molar-refractivity contribution >= 4 is 6.09 Å². The van der Waals surface area contributed by atoms with Crippen LogP contribution in [-0.2, 0) is 4.74 Å². The normalized spacial score (nSPS) is 22.9. The van der Waals surface area contributed by atoms with E-state index in [-0.39, 0.29) is 6.09 Å². The zero-order valence-electron chi connectivity index (χ0n) is 9.95. The molecule has 0 saturated carbocycles. The van der Waals surface area contributed by atoms with E-state index in [1.807, 2.05) is 0 Å². The van der Waals surface area contributed by atoms with Crippen LogP contribution in [0.25, 0.3) is 0 Å². The molecule has 1 N–H and O–H groups in total. The molecule has 1 amide bonds. The van der Waals surface area contributed by atoms with Crippen LogP contribution in [0, 0.1) is 5.92 Å². The van der Waals surface area contributed by atoms with Crippen molar-refractivity contribution in [3.05, 3.63) is 0 Å². The minimum atomic E-state index is -0.206. The Morgan fingerprint density at radius 1 is 1.67 bits per heavy atom. The first kappa shape index (κ1) is 12.3. The van der Waals surface area contributed by atoms with Crippen molar-refractivity contribution in [2.24, 2.45) is 5.92 Å². The molecule has 0 radical (unpaired) electrons. The molecule has 0 aromatic rings. The number of hydrogen-bond donors (Lipinski definition) is 1. The first-order valence-electron chi connectivity index (χ1n) is 5.73. The van der Waals surface area contributed by atoms with Gasteiger partial charge in [-0.25, -0.2) is 4.79 Å². The van der Waals surface area contributed by atoms with E-state index in [1.54, 1.807) is 4.90 Å². The summed E-state index contributed by atoms with van der Waals surface area (Å²) in [6, 6.07) is 0.443. The summed E-state index contributed by atoms with van der Waals surface area (Å²) < 4.78 is 4.69. The first-order chi connectivity index (χ1) is 7.17. The van der Waals surface area contributed by atoms with Crippen molar-refractivity contribution in [3.8, 4) is 0 Å². The molecule has 0 aliphatic carbocycles. The standard InChI is InChI=1S/C11H22N2O2/c1-4-9(2)7-12-10-5-6-13(8-10)11(14)15-3/h9-10,12H,4-8H2,1-3H3. The van der Waals surface area contributed by atoms with Gasteiger partial charge < -0.3 is 15.0 Å². The molecule has 1 heterocycles. The summed E-state index contributed by atoms with van der Waals surface area (Å²) in [5.74, 6) is 0.706. The second-order valence-corrected chi connectivity index (χ2v) is 4.32. The van der Waals surface area contributed by atoms with E-state index in [9.17, 15) is 4.79 Å². The zero-order valence-corrected chi connectivity index (χ0v) is 9.95. The quantitative estimate of drug-likeness (QED) is 0.770. The molecule has 0 bridgehead atoms. The van der Waals surface area contributed by atoms with E-state index < -0.39 is 0 Å². The molecule has 0 aromatic carbocycles. The highest BCUT2D eigenvalue weighted by Gasteiger charge is 2.26. The predicted octanol–water partition coefficient (Wildman–Crippen LogP) is 1.46.